The number of amides is 2. The molecule has 0 unspecified atom stereocenters. The SMILES string of the molecule is CC(C)(C)OC(=O)CN1C(=O)c2cccc(NS(=O)(=O)CCCN3CCOCC3)c2C1=O. The van der Waals surface area contributed by atoms with Crippen molar-refractivity contribution in [2.75, 3.05) is 49.9 Å². The molecule has 0 saturated carbocycles. The quantitative estimate of drug-likeness (QED) is 0.445. The normalized spacial score (nSPS) is 17.4. The summed E-state index contributed by atoms with van der Waals surface area (Å²) in [5.41, 5.74) is -0.749. The van der Waals surface area contributed by atoms with E-state index in [0.29, 0.717) is 26.2 Å². The fourth-order valence-corrected chi connectivity index (χ4v) is 4.70. The zero-order chi connectivity index (χ0) is 23.5. The van der Waals surface area contributed by atoms with E-state index in [1.807, 2.05) is 0 Å². The average Bonchev–Trinajstić information content (AvgIpc) is 2.93. The maximum Gasteiger partial charge on any atom is 0.326 e. The number of hydrogen-bond donors (Lipinski definition) is 1. The van der Waals surface area contributed by atoms with Gasteiger partial charge in [0.05, 0.1) is 35.8 Å². The number of ether oxygens (including phenoxy) is 2. The third kappa shape index (κ3) is 6.05. The van der Waals surface area contributed by atoms with Gasteiger partial charge in [0, 0.05) is 13.1 Å². The van der Waals surface area contributed by atoms with Gasteiger partial charge in [-0.05, 0) is 45.9 Å². The molecule has 1 aromatic rings. The van der Waals surface area contributed by atoms with Gasteiger partial charge in [0.1, 0.15) is 12.1 Å². The second kappa shape index (κ2) is 9.55. The van der Waals surface area contributed by atoms with Crippen LogP contribution in [0.25, 0.3) is 0 Å². The average molecular weight is 468 g/mol. The summed E-state index contributed by atoms with van der Waals surface area (Å²) in [7, 11) is -3.74. The van der Waals surface area contributed by atoms with Crippen molar-refractivity contribution < 1.29 is 32.3 Å². The molecule has 2 amide bonds. The Kier molecular flexibility index (Phi) is 7.21. The lowest BCUT2D eigenvalue weighted by Gasteiger charge is -2.26. The van der Waals surface area contributed by atoms with Crippen LogP contribution in [0, 0.1) is 0 Å². The molecular formula is C21H29N3O7S. The first kappa shape index (κ1) is 24.1. The number of fused-ring (bicyclic) bond motifs is 1. The lowest BCUT2D eigenvalue weighted by molar-refractivity contribution is -0.155. The van der Waals surface area contributed by atoms with E-state index >= 15 is 0 Å². The van der Waals surface area contributed by atoms with E-state index < -0.39 is 40.0 Å². The van der Waals surface area contributed by atoms with Gasteiger partial charge >= 0.3 is 5.97 Å². The molecule has 1 N–H and O–H groups in total. The van der Waals surface area contributed by atoms with Crippen molar-refractivity contribution in [1.82, 2.24) is 9.80 Å². The summed E-state index contributed by atoms with van der Waals surface area (Å²) in [6, 6.07) is 4.36. The van der Waals surface area contributed by atoms with Crippen LogP contribution < -0.4 is 4.72 Å². The Bertz CT molecular complexity index is 995. The highest BCUT2D eigenvalue weighted by atomic mass is 32.2. The van der Waals surface area contributed by atoms with Crippen molar-refractivity contribution in [3.05, 3.63) is 29.3 Å². The first-order valence-electron chi connectivity index (χ1n) is 10.5. The lowest BCUT2D eigenvalue weighted by Crippen LogP contribution is -2.38. The zero-order valence-electron chi connectivity index (χ0n) is 18.5. The Morgan fingerprint density at radius 3 is 2.50 bits per heavy atom. The number of carbonyl (C=O) groups excluding carboxylic acids is 3. The second-order valence-electron chi connectivity index (χ2n) is 8.74. The third-order valence-corrected chi connectivity index (χ3v) is 6.32. The molecule has 0 aromatic heterocycles. The van der Waals surface area contributed by atoms with Gasteiger partial charge in [0.2, 0.25) is 10.0 Å². The van der Waals surface area contributed by atoms with Crippen molar-refractivity contribution in [2.24, 2.45) is 0 Å². The maximum absolute atomic E-state index is 12.9. The van der Waals surface area contributed by atoms with E-state index in [4.69, 9.17) is 9.47 Å². The van der Waals surface area contributed by atoms with E-state index in [1.165, 1.54) is 18.2 Å². The molecule has 1 fully saturated rings. The molecule has 11 heteroatoms. The molecule has 2 aliphatic rings. The van der Waals surface area contributed by atoms with E-state index in [0.717, 1.165) is 18.0 Å². The fraction of sp³-hybridized carbons (Fsp3) is 0.571. The van der Waals surface area contributed by atoms with Gasteiger partial charge in [-0.3, -0.25) is 28.9 Å². The second-order valence-corrected chi connectivity index (χ2v) is 10.6. The first-order chi connectivity index (χ1) is 15.0. The van der Waals surface area contributed by atoms with E-state index in [2.05, 4.69) is 9.62 Å². The zero-order valence-corrected chi connectivity index (χ0v) is 19.4. The Morgan fingerprint density at radius 2 is 1.84 bits per heavy atom. The molecule has 2 heterocycles. The van der Waals surface area contributed by atoms with Crippen LogP contribution in [-0.4, -0.2) is 86.7 Å². The predicted molar refractivity (Wildman–Crippen MR) is 117 cm³/mol. The Hall–Kier alpha value is -2.50. The van der Waals surface area contributed by atoms with Crippen molar-refractivity contribution in [3.63, 3.8) is 0 Å². The van der Waals surface area contributed by atoms with Gasteiger partial charge in [0.25, 0.3) is 11.8 Å². The molecule has 0 atom stereocenters. The molecular weight excluding hydrogens is 438 g/mol. The van der Waals surface area contributed by atoms with Gasteiger partial charge in [-0.15, -0.1) is 0 Å². The standard InChI is InChI=1S/C21H29N3O7S/c1-21(2,3)31-17(25)14-24-19(26)15-6-4-7-16(18(15)20(24)27)22-32(28,29)13-5-8-23-9-11-30-12-10-23/h4,6-7,22H,5,8-14H2,1-3H3. The van der Waals surface area contributed by atoms with Crippen molar-refractivity contribution >= 4 is 33.5 Å². The number of morpholine rings is 1. The third-order valence-electron chi connectivity index (χ3n) is 4.96. The summed E-state index contributed by atoms with van der Waals surface area (Å²) in [6.07, 6.45) is 0.419. The summed E-state index contributed by atoms with van der Waals surface area (Å²) < 4.78 is 38.1. The number of anilines is 1. The molecule has 10 nitrogen and oxygen atoms in total. The van der Waals surface area contributed by atoms with Crippen LogP contribution in [0.5, 0.6) is 0 Å². The van der Waals surface area contributed by atoms with Gasteiger partial charge in [-0.25, -0.2) is 8.42 Å². The number of benzene rings is 1. The summed E-state index contributed by atoms with van der Waals surface area (Å²) in [5.74, 6) is -2.25. The molecule has 32 heavy (non-hydrogen) atoms. The molecule has 2 aliphatic heterocycles. The van der Waals surface area contributed by atoms with Crippen LogP contribution in [0.1, 0.15) is 47.9 Å². The number of imide groups is 1. The largest absolute Gasteiger partial charge is 0.459 e. The topological polar surface area (TPSA) is 122 Å². The fourth-order valence-electron chi connectivity index (χ4n) is 3.59. The minimum Gasteiger partial charge on any atom is -0.459 e. The van der Waals surface area contributed by atoms with Crippen LogP contribution in [0.15, 0.2) is 18.2 Å². The van der Waals surface area contributed by atoms with Crippen molar-refractivity contribution in [3.8, 4) is 0 Å². The van der Waals surface area contributed by atoms with Crippen molar-refractivity contribution in [2.45, 2.75) is 32.8 Å². The summed E-state index contributed by atoms with van der Waals surface area (Å²) >= 11 is 0. The molecule has 3 rings (SSSR count). The first-order valence-corrected chi connectivity index (χ1v) is 12.1. The Labute approximate surface area is 187 Å². The Morgan fingerprint density at radius 1 is 1.16 bits per heavy atom. The number of nitrogens with one attached hydrogen (secondary N) is 1. The van der Waals surface area contributed by atoms with Gasteiger partial charge in [-0.2, -0.15) is 0 Å². The number of sulfonamides is 1. The molecule has 0 radical (unpaired) electrons. The Balaban J connectivity index is 1.67. The minimum absolute atomic E-state index is 0.0268. The number of hydrogen-bond acceptors (Lipinski definition) is 8. The van der Waals surface area contributed by atoms with Crippen LogP contribution in [0.4, 0.5) is 5.69 Å². The molecule has 176 valence electrons. The highest BCUT2D eigenvalue weighted by Crippen LogP contribution is 2.30. The lowest BCUT2D eigenvalue weighted by atomic mass is 10.1. The van der Waals surface area contributed by atoms with Crippen LogP contribution >= 0.6 is 0 Å². The van der Waals surface area contributed by atoms with Gasteiger partial charge in [0.15, 0.2) is 0 Å². The summed E-state index contributed by atoms with van der Waals surface area (Å²) in [6.45, 7) is 7.92. The smallest absolute Gasteiger partial charge is 0.326 e. The van der Waals surface area contributed by atoms with Gasteiger partial charge < -0.3 is 9.47 Å². The summed E-state index contributed by atoms with van der Waals surface area (Å²) in [5, 5.41) is 0. The van der Waals surface area contributed by atoms with Gasteiger partial charge in [-0.1, -0.05) is 6.07 Å². The monoisotopic (exact) mass is 467 g/mol. The van der Waals surface area contributed by atoms with Crippen molar-refractivity contribution in [1.29, 1.82) is 0 Å². The number of rotatable bonds is 8. The molecule has 1 aromatic carbocycles. The number of nitrogens with zero attached hydrogens (tertiary/aromatic N) is 2. The molecule has 1 saturated heterocycles. The minimum atomic E-state index is -3.74. The van der Waals surface area contributed by atoms with Crippen LogP contribution in [-0.2, 0) is 24.3 Å². The van der Waals surface area contributed by atoms with Crippen LogP contribution in [0.2, 0.25) is 0 Å². The number of carbonyl (C=O) groups is 3. The molecule has 0 spiro atoms. The maximum atomic E-state index is 12.9. The van der Waals surface area contributed by atoms with Crippen LogP contribution in [0.3, 0.4) is 0 Å². The van der Waals surface area contributed by atoms with E-state index in [-0.39, 0.29) is 22.6 Å². The highest BCUT2D eigenvalue weighted by Gasteiger charge is 2.39. The highest BCUT2D eigenvalue weighted by molar-refractivity contribution is 7.92. The molecule has 0 aliphatic carbocycles. The molecule has 0 bridgehead atoms. The number of esters is 1. The summed E-state index contributed by atoms with van der Waals surface area (Å²) in [4.78, 5) is 40.6. The van der Waals surface area contributed by atoms with E-state index in [9.17, 15) is 22.8 Å². The predicted octanol–water partition coefficient (Wildman–Crippen LogP) is 1.09. The van der Waals surface area contributed by atoms with E-state index in [1.54, 1.807) is 20.8 Å².